The largest absolute Gasteiger partial charge is 2.00 e. The monoisotopic (exact) mass is 227 g/mol. The first kappa shape index (κ1) is 23.6. The van der Waals surface area contributed by atoms with Crippen LogP contribution in [0.3, 0.4) is 0 Å². The maximum absolute atomic E-state index is 9.86. The van der Waals surface area contributed by atoms with Crippen molar-refractivity contribution in [2.75, 3.05) is 0 Å². The Bertz CT molecular complexity index is 159. The molecule has 0 aliphatic carbocycles. The van der Waals surface area contributed by atoms with Crippen LogP contribution in [0, 0.1) is 0 Å². The van der Waals surface area contributed by atoms with Crippen molar-refractivity contribution >= 4 is 35.0 Å². The summed E-state index contributed by atoms with van der Waals surface area (Å²) in [5, 5.41) is 19.6. The van der Waals surface area contributed by atoms with Gasteiger partial charge in [-0.3, -0.25) is 0 Å². The number of carbonyl (C=O) groups is 2. The Balaban J connectivity index is -0.000000135. The number of carboxylic acids is 2. The van der Waals surface area contributed by atoms with E-state index in [-0.39, 0.29) is 77.9 Å². The summed E-state index contributed by atoms with van der Waals surface area (Å²) >= 11 is 0. The summed E-state index contributed by atoms with van der Waals surface area (Å²) in [4.78, 5) is 19.6. The molecule has 0 rings (SSSR count). The fourth-order valence-electron chi connectivity index (χ4n) is 0.391. The van der Waals surface area contributed by atoms with Gasteiger partial charge < -0.3 is 37.9 Å². The summed E-state index contributed by atoms with van der Waals surface area (Å²) in [7, 11) is 0. The zero-order valence-corrected chi connectivity index (χ0v) is 11.5. The molecule has 0 aliphatic heterocycles. The summed E-state index contributed by atoms with van der Waals surface area (Å²) < 4.78 is 0. The summed E-state index contributed by atoms with van der Waals surface area (Å²) in [6.07, 6.45) is -0.500. The van der Waals surface area contributed by atoms with Crippen LogP contribution in [0.15, 0.2) is 0 Å². The minimum atomic E-state index is -1.44. The van der Waals surface area contributed by atoms with Gasteiger partial charge in [-0.05, 0) is 12.8 Å². The smallest absolute Gasteiger partial charge is 1.00 e. The first-order chi connectivity index (χ1) is 4.54. The van der Waals surface area contributed by atoms with E-state index in [1.54, 1.807) is 0 Å². The molecule has 0 unspecified atom stereocenters. The van der Waals surface area contributed by atoms with Crippen LogP contribution >= 0.6 is 0 Å². The number of hydrogen-bond acceptors (Lipinski definition) is 5. The van der Waals surface area contributed by atoms with Gasteiger partial charge in [0.2, 0.25) is 0 Å². The van der Waals surface area contributed by atoms with E-state index >= 15 is 0 Å². The molecule has 0 heterocycles. The van der Waals surface area contributed by atoms with E-state index in [1.165, 1.54) is 0 Å². The zero-order chi connectivity index (χ0) is 8.15. The van der Waals surface area contributed by atoms with E-state index in [9.17, 15) is 19.8 Å². The number of nitrogens with two attached hydrogens (primary N) is 1. The van der Waals surface area contributed by atoms with Crippen LogP contribution in [0.4, 0.5) is 0 Å². The van der Waals surface area contributed by atoms with E-state index in [1.807, 2.05) is 0 Å². The molecule has 0 saturated carbocycles. The molecule has 0 aromatic rings. The molecule has 0 bridgehead atoms. The van der Waals surface area contributed by atoms with Crippen LogP contribution in [0.5, 0.6) is 0 Å². The van der Waals surface area contributed by atoms with Crippen molar-refractivity contribution < 1.29 is 61.8 Å². The predicted octanol–water partition coefficient (Wildman–Crippen LogP) is -9.78. The van der Waals surface area contributed by atoms with Crippen LogP contribution in [-0.4, -0.2) is 41.0 Å². The van der Waals surface area contributed by atoms with Gasteiger partial charge in [-0.15, -0.1) is 0 Å². The first-order valence-electron chi connectivity index (χ1n) is 2.70. The summed E-state index contributed by atoms with van der Waals surface area (Å²) in [5.41, 5.74) is 4.91. The van der Waals surface area contributed by atoms with Crippen molar-refractivity contribution in [3.05, 3.63) is 0 Å². The molecule has 0 amide bonds. The van der Waals surface area contributed by atoms with Gasteiger partial charge in [-0.25, -0.2) is 0 Å². The molecule has 0 aliphatic rings. The number of carbonyl (C=O) groups excluding carboxylic acids is 2. The van der Waals surface area contributed by atoms with Crippen LogP contribution in [0.25, 0.3) is 0 Å². The second-order valence-electron chi connectivity index (χ2n) is 1.84. The van der Waals surface area contributed by atoms with Gasteiger partial charge in [-0.1, -0.05) is 0 Å². The molecule has 8 heteroatoms. The number of rotatable bonds is 4. The van der Waals surface area contributed by atoms with Crippen molar-refractivity contribution in [2.24, 2.45) is 5.73 Å². The molecule has 0 radical (unpaired) electrons. The Morgan fingerprint density at radius 2 is 1.69 bits per heavy atom. The number of halogens is 1. The average molecular weight is 228 g/mol. The summed E-state index contributed by atoms with van der Waals surface area (Å²) in [6, 6.07) is -1.21. The van der Waals surface area contributed by atoms with Gasteiger partial charge in [0.15, 0.2) is 0 Å². The SMILES string of the molecule is N[C@@H](CCC(=O)[O-])C(=O)[O-].[Cl-].[Mg+2].[Na+]. The normalized spacial score (nSPS) is 9.62. The average Bonchev–Trinajstić information content (AvgIpc) is 1.82. The van der Waals surface area contributed by atoms with Gasteiger partial charge in [-0.2, -0.15) is 0 Å². The Morgan fingerprint density at radius 1 is 1.31 bits per heavy atom. The van der Waals surface area contributed by atoms with Crippen molar-refractivity contribution in [2.45, 2.75) is 18.9 Å². The Labute approximate surface area is 120 Å². The topological polar surface area (TPSA) is 106 Å². The summed E-state index contributed by atoms with van der Waals surface area (Å²) in [5.74, 6) is -2.75. The van der Waals surface area contributed by atoms with Crippen molar-refractivity contribution in [3.63, 3.8) is 0 Å². The zero-order valence-electron chi connectivity index (χ0n) is 7.29. The number of hydrogen-bond donors (Lipinski definition) is 1. The molecule has 0 aromatic heterocycles. The predicted molar refractivity (Wildman–Crippen MR) is 33.0 cm³/mol. The molecule has 0 spiro atoms. The Hall–Kier alpha value is 0.956. The van der Waals surface area contributed by atoms with Crippen molar-refractivity contribution in [1.82, 2.24) is 0 Å². The Morgan fingerprint density at radius 3 is 1.92 bits per heavy atom. The van der Waals surface area contributed by atoms with E-state index in [0.717, 1.165) is 0 Å². The maximum atomic E-state index is 9.86. The third-order valence-corrected chi connectivity index (χ3v) is 0.962. The molecule has 1 atom stereocenters. The summed E-state index contributed by atoms with van der Waals surface area (Å²) in [6.45, 7) is 0. The Kier molecular flexibility index (Phi) is 23.6. The number of carboxylic acid groups (broad SMARTS) is 2. The molecule has 13 heavy (non-hydrogen) atoms. The standard InChI is InChI=1S/C5H9NO4.ClH.Mg.Na/c6-3(5(9)10)1-2-4(7)8;;;/h3H,1-2,6H2,(H,7,8)(H,9,10);1H;;/q;;+2;+1/p-3/t3-;;;/m0.../s1. The van der Waals surface area contributed by atoms with Gasteiger partial charge in [0.05, 0.1) is 5.97 Å². The van der Waals surface area contributed by atoms with E-state index in [2.05, 4.69) is 0 Å². The number of aliphatic carboxylic acids is 2. The second-order valence-corrected chi connectivity index (χ2v) is 1.84. The second kappa shape index (κ2) is 13.0. The van der Waals surface area contributed by atoms with Crippen LogP contribution < -0.4 is 57.9 Å². The fraction of sp³-hybridized carbons (Fsp3) is 0.600. The van der Waals surface area contributed by atoms with Crippen molar-refractivity contribution in [3.8, 4) is 0 Å². The van der Waals surface area contributed by atoms with Crippen LogP contribution in [0.2, 0.25) is 0 Å². The molecule has 0 aromatic carbocycles. The van der Waals surface area contributed by atoms with E-state index < -0.39 is 18.0 Å². The van der Waals surface area contributed by atoms with Gasteiger partial charge in [0.25, 0.3) is 0 Å². The fourth-order valence-corrected chi connectivity index (χ4v) is 0.391. The minimum absolute atomic E-state index is 0. The van der Waals surface area contributed by atoms with Crippen LogP contribution in [0.1, 0.15) is 12.8 Å². The third kappa shape index (κ3) is 15.7. The quantitative estimate of drug-likeness (QED) is 0.480. The third-order valence-electron chi connectivity index (χ3n) is 0.962. The molecular weight excluding hydrogens is 221 g/mol. The molecule has 2 N–H and O–H groups in total. The van der Waals surface area contributed by atoms with E-state index in [4.69, 9.17) is 5.73 Å². The van der Waals surface area contributed by atoms with Crippen molar-refractivity contribution in [1.29, 1.82) is 0 Å². The molecule has 5 nitrogen and oxygen atoms in total. The van der Waals surface area contributed by atoms with Gasteiger partial charge in [0.1, 0.15) is 0 Å². The molecule has 66 valence electrons. The molecular formula is C5H7ClMgNNaO4. The van der Waals surface area contributed by atoms with E-state index in [0.29, 0.717) is 0 Å². The van der Waals surface area contributed by atoms with Crippen LogP contribution in [-0.2, 0) is 9.59 Å². The molecule has 0 saturated heterocycles. The van der Waals surface area contributed by atoms with Gasteiger partial charge >= 0.3 is 52.6 Å². The van der Waals surface area contributed by atoms with Gasteiger partial charge in [0, 0.05) is 12.0 Å². The maximum Gasteiger partial charge on any atom is 2.00 e. The molecule has 0 fully saturated rings. The minimum Gasteiger partial charge on any atom is -1.00 e. The first-order valence-corrected chi connectivity index (χ1v) is 2.70.